The Morgan fingerprint density at radius 3 is 2.37 bits per heavy atom. The van der Waals surface area contributed by atoms with Crippen LogP contribution in [0.4, 0.5) is 4.79 Å². The molecule has 1 aliphatic rings. The Bertz CT molecular complexity index is 400. The molecule has 1 amide bonds. The molecule has 0 aliphatic carbocycles. The van der Waals surface area contributed by atoms with E-state index >= 15 is 0 Å². The van der Waals surface area contributed by atoms with Gasteiger partial charge in [-0.2, -0.15) is 0 Å². The zero-order valence-electron chi connectivity index (χ0n) is 10.7. The highest BCUT2D eigenvalue weighted by Crippen LogP contribution is 2.22. The minimum Gasteiger partial charge on any atom is -0.465 e. The van der Waals surface area contributed by atoms with Gasteiger partial charge in [0.15, 0.2) is 0 Å². The van der Waals surface area contributed by atoms with Crippen LogP contribution in [0.3, 0.4) is 0 Å². The monoisotopic (exact) mass is 303 g/mol. The second-order valence-electron chi connectivity index (χ2n) is 4.88. The largest absolute Gasteiger partial charge is 0.465 e. The molecule has 1 aromatic carbocycles. The summed E-state index contributed by atoms with van der Waals surface area (Å²) < 4.78 is 0. The molecule has 3 nitrogen and oxygen atoms in total. The van der Waals surface area contributed by atoms with E-state index in [0.717, 1.165) is 30.7 Å². The van der Waals surface area contributed by atoms with Crippen LogP contribution in [-0.2, 0) is 6.42 Å². The number of likely N-dealkylation sites (tertiary alicyclic amines) is 1. The molecule has 106 valence electrons. The van der Waals surface area contributed by atoms with Crippen LogP contribution in [0.15, 0.2) is 24.3 Å². The van der Waals surface area contributed by atoms with Crippen LogP contribution in [-0.4, -0.2) is 29.2 Å². The zero-order valence-corrected chi connectivity index (χ0v) is 12.3. The van der Waals surface area contributed by atoms with E-state index in [-0.39, 0.29) is 12.4 Å². The molecular weight excluding hydrogens is 285 g/mol. The Balaban J connectivity index is 0.00000180. The molecule has 0 spiro atoms. The molecular formula is C14H19Cl2NO2. The van der Waals surface area contributed by atoms with Crippen LogP contribution >= 0.6 is 24.0 Å². The fraction of sp³-hybridized carbons (Fsp3) is 0.500. The van der Waals surface area contributed by atoms with Gasteiger partial charge in [-0.3, -0.25) is 0 Å². The first-order valence-electron chi connectivity index (χ1n) is 6.37. The number of benzene rings is 1. The van der Waals surface area contributed by atoms with Crippen molar-refractivity contribution < 1.29 is 9.90 Å². The van der Waals surface area contributed by atoms with E-state index in [4.69, 9.17) is 16.7 Å². The Morgan fingerprint density at radius 1 is 1.26 bits per heavy atom. The van der Waals surface area contributed by atoms with Gasteiger partial charge in [-0.05, 0) is 49.3 Å². The van der Waals surface area contributed by atoms with Gasteiger partial charge >= 0.3 is 6.09 Å². The summed E-state index contributed by atoms with van der Waals surface area (Å²) in [6.07, 6.45) is 3.37. The van der Waals surface area contributed by atoms with Crippen molar-refractivity contribution in [1.29, 1.82) is 0 Å². The van der Waals surface area contributed by atoms with Crippen LogP contribution in [0.2, 0.25) is 5.02 Å². The lowest BCUT2D eigenvalue weighted by atomic mass is 9.91. The molecule has 1 fully saturated rings. The number of halogens is 2. The van der Waals surface area contributed by atoms with Crippen molar-refractivity contribution in [2.45, 2.75) is 25.7 Å². The lowest BCUT2D eigenvalue weighted by molar-refractivity contribution is 0.123. The summed E-state index contributed by atoms with van der Waals surface area (Å²) in [6.45, 7) is 1.36. The van der Waals surface area contributed by atoms with Gasteiger partial charge < -0.3 is 10.0 Å². The van der Waals surface area contributed by atoms with E-state index in [1.54, 1.807) is 0 Å². The molecule has 0 bridgehead atoms. The van der Waals surface area contributed by atoms with E-state index in [1.807, 2.05) is 12.1 Å². The van der Waals surface area contributed by atoms with Crippen molar-refractivity contribution >= 4 is 30.1 Å². The van der Waals surface area contributed by atoms with Gasteiger partial charge in [-0.1, -0.05) is 23.7 Å². The van der Waals surface area contributed by atoms with Crippen LogP contribution in [0.25, 0.3) is 0 Å². The summed E-state index contributed by atoms with van der Waals surface area (Å²) in [5.74, 6) is 0.649. The van der Waals surface area contributed by atoms with E-state index in [9.17, 15) is 4.79 Å². The molecule has 5 heteroatoms. The minimum atomic E-state index is -0.786. The molecule has 1 aromatic rings. The third-order valence-electron chi connectivity index (χ3n) is 3.64. The predicted molar refractivity (Wildman–Crippen MR) is 79.3 cm³/mol. The van der Waals surface area contributed by atoms with Crippen molar-refractivity contribution in [1.82, 2.24) is 4.90 Å². The Labute approximate surface area is 125 Å². The number of hydrogen-bond acceptors (Lipinski definition) is 1. The number of piperidine rings is 1. The Kier molecular flexibility index (Phi) is 6.46. The van der Waals surface area contributed by atoms with E-state index in [1.165, 1.54) is 10.5 Å². The highest BCUT2D eigenvalue weighted by molar-refractivity contribution is 6.30. The number of hydrogen-bond donors (Lipinski definition) is 1. The average Bonchev–Trinajstić information content (AvgIpc) is 2.38. The first-order valence-corrected chi connectivity index (χ1v) is 6.75. The lowest BCUT2D eigenvalue weighted by Crippen LogP contribution is -2.37. The maximum atomic E-state index is 10.8. The number of nitrogens with zero attached hydrogens (tertiary/aromatic N) is 1. The SMILES string of the molecule is Cl.O=C(O)N1CCC(CCc2ccc(Cl)cc2)CC1. The van der Waals surface area contributed by atoms with Crippen molar-refractivity contribution in [3.8, 4) is 0 Å². The van der Waals surface area contributed by atoms with Crippen molar-refractivity contribution in [3.63, 3.8) is 0 Å². The second kappa shape index (κ2) is 7.61. The third kappa shape index (κ3) is 4.92. The van der Waals surface area contributed by atoms with E-state index in [0.29, 0.717) is 19.0 Å². The maximum Gasteiger partial charge on any atom is 0.407 e. The predicted octanol–water partition coefficient (Wildman–Crippen LogP) is 4.08. The summed E-state index contributed by atoms with van der Waals surface area (Å²) in [6, 6.07) is 7.97. The second-order valence-corrected chi connectivity index (χ2v) is 5.31. The fourth-order valence-corrected chi connectivity index (χ4v) is 2.56. The average molecular weight is 304 g/mol. The standard InChI is InChI=1S/C14H18ClNO2.ClH/c15-13-5-3-11(4-6-13)1-2-12-7-9-16(10-8-12)14(17)18;/h3-6,12H,1-2,7-10H2,(H,17,18);1H. The highest BCUT2D eigenvalue weighted by atomic mass is 35.5. The fourth-order valence-electron chi connectivity index (χ4n) is 2.43. The molecule has 1 aliphatic heterocycles. The van der Waals surface area contributed by atoms with Crippen molar-refractivity contribution in [2.24, 2.45) is 5.92 Å². The number of aryl methyl sites for hydroxylation is 1. The molecule has 1 N–H and O–H groups in total. The third-order valence-corrected chi connectivity index (χ3v) is 3.89. The van der Waals surface area contributed by atoms with Crippen LogP contribution in [0.5, 0.6) is 0 Å². The van der Waals surface area contributed by atoms with Crippen LogP contribution in [0, 0.1) is 5.92 Å². The topological polar surface area (TPSA) is 40.5 Å². The summed E-state index contributed by atoms with van der Waals surface area (Å²) in [4.78, 5) is 12.3. The van der Waals surface area contributed by atoms with Crippen molar-refractivity contribution in [2.75, 3.05) is 13.1 Å². The van der Waals surface area contributed by atoms with Gasteiger partial charge in [0.2, 0.25) is 0 Å². The van der Waals surface area contributed by atoms with Crippen molar-refractivity contribution in [3.05, 3.63) is 34.9 Å². The molecule has 0 atom stereocenters. The summed E-state index contributed by atoms with van der Waals surface area (Å²) in [5.41, 5.74) is 1.31. The van der Waals surface area contributed by atoms with Gasteiger partial charge in [0.05, 0.1) is 0 Å². The minimum absolute atomic E-state index is 0. The normalized spacial score (nSPS) is 15.9. The van der Waals surface area contributed by atoms with Gasteiger partial charge in [0.1, 0.15) is 0 Å². The molecule has 1 saturated heterocycles. The smallest absolute Gasteiger partial charge is 0.407 e. The number of amides is 1. The summed E-state index contributed by atoms with van der Waals surface area (Å²) >= 11 is 5.85. The van der Waals surface area contributed by atoms with Gasteiger partial charge in [0.25, 0.3) is 0 Å². The number of carbonyl (C=O) groups is 1. The number of rotatable bonds is 3. The zero-order chi connectivity index (χ0) is 13.0. The van der Waals surface area contributed by atoms with Crippen LogP contribution in [0.1, 0.15) is 24.8 Å². The highest BCUT2D eigenvalue weighted by Gasteiger charge is 2.21. The Hall–Kier alpha value is -0.930. The van der Waals surface area contributed by atoms with Crippen LogP contribution < -0.4 is 0 Å². The molecule has 1 heterocycles. The molecule has 2 rings (SSSR count). The number of carboxylic acid groups (broad SMARTS) is 1. The molecule has 0 radical (unpaired) electrons. The van der Waals surface area contributed by atoms with Gasteiger partial charge in [-0.15, -0.1) is 12.4 Å². The molecule has 0 saturated carbocycles. The first kappa shape index (κ1) is 16.1. The lowest BCUT2D eigenvalue weighted by Gasteiger charge is -2.29. The first-order chi connectivity index (χ1) is 8.65. The van der Waals surface area contributed by atoms with Gasteiger partial charge in [-0.25, -0.2) is 4.79 Å². The molecule has 0 unspecified atom stereocenters. The summed E-state index contributed by atoms with van der Waals surface area (Å²) in [5, 5.41) is 9.64. The van der Waals surface area contributed by atoms with E-state index in [2.05, 4.69) is 12.1 Å². The molecule has 19 heavy (non-hydrogen) atoms. The summed E-state index contributed by atoms with van der Waals surface area (Å²) in [7, 11) is 0. The Morgan fingerprint density at radius 2 is 1.84 bits per heavy atom. The van der Waals surface area contributed by atoms with E-state index < -0.39 is 6.09 Å². The quantitative estimate of drug-likeness (QED) is 0.914. The van der Waals surface area contributed by atoms with Gasteiger partial charge in [0, 0.05) is 18.1 Å². The molecule has 0 aromatic heterocycles. The maximum absolute atomic E-state index is 10.8.